The third kappa shape index (κ3) is 2.60. The van der Waals surface area contributed by atoms with Gasteiger partial charge in [-0.15, -0.1) is 12.4 Å². The molecule has 0 aromatic heterocycles. The van der Waals surface area contributed by atoms with Crippen LogP contribution in [-0.4, -0.2) is 13.1 Å². The zero-order valence-electron chi connectivity index (χ0n) is 7.29. The summed E-state index contributed by atoms with van der Waals surface area (Å²) in [5.74, 6) is 0.670. The molecule has 3 heteroatoms. The van der Waals surface area contributed by atoms with Crippen LogP contribution in [0.2, 0.25) is 5.02 Å². The number of hydrogen-bond acceptors (Lipinski definition) is 1. The highest BCUT2D eigenvalue weighted by atomic mass is 35.5. The number of hydrogen-bond donors (Lipinski definition) is 1. The molecule has 0 saturated carbocycles. The summed E-state index contributed by atoms with van der Waals surface area (Å²) in [5.41, 5.74) is 1.37. The van der Waals surface area contributed by atoms with Crippen molar-refractivity contribution in [2.75, 3.05) is 13.1 Å². The average Bonchev–Trinajstić information content (AvgIpc) is 2.56. The summed E-state index contributed by atoms with van der Waals surface area (Å²) in [7, 11) is 0. The first-order valence-electron chi connectivity index (χ1n) is 4.32. The van der Waals surface area contributed by atoms with Crippen LogP contribution in [0.1, 0.15) is 17.9 Å². The number of rotatable bonds is 1. The van der Waals surface area contributed by atoms with Gasteiger partial charge in [-0.3, -0.25) is 0 Å². The van der Waals surface area contributed by atoms with Gasteiger partial charge < -0.3 is 5.32 Å². The van der Waals surface area contributed by atoms with Gasteiger partial charge in [-0.2, -0.15) is 0 Å². The molecule has 1 aromatic rings. The smallest absolute Gasteiger partial charge is 0.0408 e. The fourth-order valence-electron chi connectivity index (χ4n) is 1.70. The summed E-state index contributed by atoms with van der Waals surface area (Å²) in [6.45, 7) is 2.23. The fourth-order valence-corrected chi connectivity index (χ4v) is 1.90. The van der Waals surface area contributed by atoms with E-state index in [1.54, 1.807) is 0 Å². The lowest BCUT2D eigenvalue weighted by Gasteiger charge is -2.07. The first-order chi connectivity index (χ1) is 5.86. The molecule has 1 nitrogen and oxygen atoms in total. The van der Waals surface area contributed by atoms with Crippen molar-refractivity contribution in [1.29, 1.82) is 0 Å². The van der Waals surface area contributed by atoms with E-state index in [-0.39, 0.29) is 12.4 Å². The SMILES string of the molecule is Cl.Clc1cccc([C@@H]2CCNC2)c1. The predicted octanol–water partition coefficient (Wildman–Crippen LogP) is 2.84. The van der Waals surface area contributed by atoms with Gasteiger partial charge in [0.05, 0.1) is 0 Å². The largest absolute Gasteiger partial charge is 0.316 e. The van der Waals surface area contributed by atoms with Crippen LogP contribution in [0.25, 0.3) is 0 Å². The molecule has 1 saturated heterocycles. The quantitative estimate of drug-likeness (QED) is 0.764. The van der Waals surface area contributed by atoms with E-state index >= 15 is 0 Å². The summed E-state index contributed by atoms with van der Waals surface area (Å²) in [6.07, 6.45) is 1.24. The van der Waals surface area contributed by atoms with Crippen LogP contribution in [0.5, 0.6) is 0 Å². The molecule has 1 aliphatic heterocycles. The molecule has 0 radical (unpaired) electrons. The van der Waals surface area contributed by atoms with Crippen molar-refractivity contribution in [3.8, 4) is 0 Å². The molecule has 1 aliphatic rings. The molecule has 13 heavy (non-hydrogen) atoms. The Kier molecular flexibility index (Phi) is 4.04. The monoisotopic (exact) mass is 217 g/mol. The number of halogens is 2. The van der Waals surface area contributed by atoms with Gasteiger partial charge in [0, 0.05) is 11.6 Å². The van der Waals surface area contributed by atoms with Crippen molar-refractivity contribution in [3.63, 3.8) is 0 Å². The van der Waals surface area contributed by atoms with E-state index in [0.29, 0.717) is 5.92 Å². The maximum atomic E-state index is 5.90. The summed E-state index contributed by atoms with van der Waals surface area (Å²) in [4.78, 5) is 0. The second-order valence-electron chi connectivity index (χ2n) is 3.24. The summed E-state index contributed by atoms with van der Waals surface area (Å²) >= 11 is 5.90. The van der Waals surface area contributed by atoms with Crippen LogP contribution >= 0.6 is 24.0 Å². The van der Waals surface area contributed by atoms with Crippen molar-refractivity contribution in [2.24, 2.45) is 0 Å². The van der Waals surface area contributed by atoms with Crippen LogP contribution in [0.3, 0.4) is 0 Å². The van der Waals surface area contributed by atoms with Crippen molar-refractivity contribution in [3.05, 3.63) is 34.9 Å². The third-order valence-corrected chi connectivity index (χ3v) is 2.62. The molecule has 1 aromatic carbocycles. The summed E-state index contributed by atoms with van der Waals surface area (Å²) < 4.78 is 0. The number of nitrogens with one attached hydrogen (secondary N) is 1. The van der Waals surface area contributed by atoms with Gasteiger partial charge in [0.2, 0.25) is 0 Å². The fraction of sp³-hybridized carbons (Fsp3) is 0.400. The Morgan fingerprint density at radius 2 is 2.23 bits per heavy atom. The van der Waals surface area contributed by atoms with Crippen molar-refractivity contribution in [2.45, 2.75) is 12.3 Å². The first-order valence-corrected chi connectivity index (χ1v) is 4.70. The highest BCUT2D eigenvalue weighted by Gasteiger charge is 2.15. The van der Waals surface area contributed by atoms with Crippen LogP contribution in [0.15, 0.2) is 24.3 Å². The molecule has 0 aliphatic carbocycles. The molecule has 0 spiro atoms. The Bertz CT molecular complexity index is 269. The third-order valence-electron chi connectivity index (χ3n) is 2.38. The minimum Gasteiger partial charge on any atom is -0.316 e. The molecule has 1 atom stereocenters. The Morgan fingerprint density at radius 3 is 2.85 bits per heavy atom. The zero-order valence-corrected chi connectivity index (χ0v) is 8.87. The van der Waals surface area contributed by atoms with Crippen molar-refractivity contribution in [1.82, 2.24) is 5.32 Å². The standard InChI is InChI=1S/C10H12ClN.ClH/c11-10-3-1-2-8(6-10)9-4-5-12-7-9;/h1-3,6,9,12H,4-5,7H2;1H/t9-;/m1./s1. The second kappa shape index (κ2) is 4.85. The Balaban J connectivity index is 0.000000845. The average molecular weight is 218 g/mol. The van der Waals surface area contributed by atoms with E-state index in [0.717, 1.165) is 18.1 Å². The van der Waals surface area contributed by atoms with Gasteiger partial charge in [-0.05, 0) is 36.6 Å². The molecule has 0 amide bonds. The number of benzene rings is 1. The van der Waals surface area contributed by atoms with E-state index < -0.39 is 0 Å². The second-order valence-corrected chi connectivity index (χ2v) is 3.68. The van der Waals surface area contributed by atoms with E-state index in [1.165, 1.54) is 12.0 Å². The summed E-state index contributed by atoms with van der Waals surface area (Å²) in [5, 5.41) is 4.19. The molecule has 2 rings (SSSR count). The lowest BCUT2D eigenvalue weighted by atomic mass is 9.99. The maximum Gasteiger partial charge on any atom is 0.0408 e. The maximum absolute atomic E-state index is 5.90. The van der Waals surface area contributed by atoms with E-state index in [2.05, 4.69) is 17.4 Å². The molecule has 1 heterocycles. The van der Waals surface area contributed by atoms with Gasteiger partial charge in [0.15, 0.2) is 0 Å². The van der Waals surface area contributed by atoms with Crippen LogP contribution < -0.4 is 5.32 Å². The Labute approximate surface area is 89.9 Å². The molecule has 72 valence electrons. The van der Waals surface area contributed by atoms with E-state index in [4.69, 9.17) is 11.6 Å². The predicted molar refractivity (Wildman–Crippen MR) is 58.9 cm³/mol. The summed E-state index contributed by atoms with van der Waals surface area (Å²) in [6, 6.07) is 8.17. The minimum absolute atomic E-state index is 0. The lowest BCUT2D eigenvalue weighted by Crippen LogP contribution is -2.07. The Morgan fingerprint density at radius 1 is 1.38 bits per heavy atom. The van der Waals surface area contributed by atoms with E-state index in [1.807, 2.05) is 12.1 Å². The van der Waals surface area contributed by atoms with Gasteiger partial charge in [0.25, 0.3) is 0 Å². The molecular weight excluding hydrogens is 205 g/mol. The molecule has 1 fully saturated rings. The molecular formula is C10H13Cl2N. The lowest BCUT2D eigenvalue weighted by molar-refractivity contribution is 0.763. The minimum atomic E-state index is 0. The molecule has 1 N–H and O–H groups in total. The highest BCUT2D eigenvalue weighted by molar-refractivity contribution is 6.30. The van der Waals surface area contributed by atoms with Crippen molar-refractivity contribution < 1.29 is 0 Å². The van der Waals surface area contributed by atoms with Gasteiger partial charge in [0.1, 0.15) is 0 Å². The Hall–Kier alpha value is -0.240. The highest BCUT2D eigenvalue weighted by Crippen LogP contribution is 2.24. The first kappa shape index (κ1) is 10.8. The van der Waals surface area contributed by atoms with Crippen LogP contribution in [0.4, 0.5) is 0 Å². The molecule has 0 bridgehead atoms. The molecule has 0 unspecified atom stereocenters. The van der Waals surface area contributed by atoms with E-state index in [9.17, 15) is 0 Å². The van der Waals surface area contributed by atoms with Gasteiger partial charge in [-0.1, -0.05) is 23.7 Å². The van der Waals surface area contributed by atoms with Gasteiger partial charge in [-0.25, -0.2) is 0 Å². The van der Waals surface area contributed by atoms with Crippen molar-refractivity contribution >= 4 is 24.0 Å². The van der Waals surface area contributed by atoms with Crippen LogP contribution in [0, 0.1) is 0 Å². The topological polar surface area (TPSA) is 12.0 Å². The van der Waals surface area contributed by atoms with Gasteiger partial charge >= 0.3 is 0 Å². The normalized spacial score (nSPS) is 21.2. The zero-order chi connectivity index (χ0) is 8.39. The van der Waals surface area contributed by atoms with Crippen LogP contribution in [-0.2, 0) is 0 Å².